The fourth-order valence-corrected chi connectivity index (χ4v) is 3.48. The van der Waals surface area contributed by atoms with E-state index in [1.165, 1.54) is 0 Å². The summed E-state index contributed by atoms with van der Waals surface area (Å²) in [7, 11) is 1.59. The molecule has 2 aromatic carbocycles. The summed E-state index contributed by atoms with van der Waals surface area (Å²) in [5.74, 6) is -0.353. The maximum atomic E-state index is 12.9. The van der Waals surface area contributed by atoms with E-state index in [1.54, 1.807) is 26.2 Å². The number of rotatable bonds is 10. The van der Waals surface area contributed by atoms with E-state index in [0.717, 1.165) is 16.9 Å². The summed E-state index contributed by atoms with van der Waals surface area (Å²) in [6.45, 7) is 6.55. The molecule has 0 amide bonds. The van der Waals surface area contributed by atoms with E-state index in [4.69, 9.17) is 18.9 Å². The first-order valence-electron chi connectivity index (χ1n) is 10.3. The van der Waals surface area contributed by atoms with Crippen LogP contribution in [0.3, 0.4) is 0 Å². The molecule has 1 fully saturated rings. The number of carbonyl (C=O) groups is 2. The van der Waals surface area contributed by atoms with Crippen LogP contribution >= 0.6 is 0 Å². The molecule has 0 spiro atoms. The minimum absolute atomic E-state index is 0.0901. The van der Waals surface area contributed by atoms with Crippen molar-refractivity contribution in [2.24, 2.45) is 5.41 Å². The smallest absolute Gasteiger partial charge is 0.335 e. The molecule has 0 N–H and O–H groups in total. The number of methoxy groups -OCH3 is 1. The number of benzene rings is 2. The second kappa shape index (κ2) is 10.3. The predicted octanol–water partition coefficient (Wildman–Crippen LogP) is 4.22. The Hall–Kier alpha value is -3.12. The highest BCUT2D eigenvalue weighted by atomic mass is 16.6. The Balaban J connectivity index is 1.53. The molecule has 3 rings (SSSR count). The first kappa shape index (κ1) is 22.6. The largest absolute Gasteiger partial charge is 0.497 e. The molecule has 1 aliphatic heterocycles. The molecule has 0 unspecified atom stereocenters. The molecule has 0 saturated carbocycles. The SMILES string of the molecule is C=C1C(=O)O[C@@H](CCCOCc2ccccc2)[C@@]1(C)C(=O)OCc1ccc(OC)cc1. The van der Waals surface area contributed by atoms with Crippen molar-refractivity contribution in [2.45, 2.75) is 39.1 Å². The van der Waals surface area contributed by atoms with Gasteiger partial charge >= 0.3 is 11.9 Å². The second-order valence-electron chi connectivity index (χ2n) is 7.68. The highest BCUT2D eigenvalue weighted by Crippen LogP contribution is 2.42. The zero-order valence-electron chi connectivity index (χ0n) is 18.0. The normalized spacial score (nSPS) is 20.4. The highest BCUT2D eigenvalue weighted by molar-refractivity contribution is 6.00. The number of cyclic esters (lactones) is 1. The van der Waals surface area contributed by atoms with Crippen molar-refractivity contribution >= 4 is 11.9 Å². The molecule has 2 atom stereocenters. The number of carbonyl (C=O) groups excluding carboxylic acids is 2. The van der Waals surface area contributed by atoms with Crippen LogP contribution in [-0.2, 0) is 37.0 Å². The lowest BCUT2D eigenvalue weighted by atomic mass is 9.78. The van der Waals surface area contributed by atoms with Gasteiger partial charge in [-0.05, 0) is 43.0 Å². The third-order valence-electron chi connectivity index (χ3n) is 5.59. The Labute approximate surface area is 182 Å². The van der Waals surface area contributed by atoms with Gasteiger partial charge in [-0.1, -0.05) is 49.0 Å². The predicted molar refractivity (Wildman–Crippen MR) is 115 cm³/mol. The molecule has 2 aromatic rings. The number of hydrogen-bond donors (Lipinski definition) is 0. The average Bonchev–Trinajstić information content (AvgIpc) is 3.02. The molecule has 164 valence electrons. The summed E-state index contributed by atoms with van der Waals surface area (Å²) in [5, 5.41) is 0. The van der Waals surface area contributed by atoms with Gasteiger partial charge < -0.3 is 18.9 Å². The molecule has 0 radical (unpaired) electrons. The van der Waals surface area contributed by atoms with Crippen molar-refractivity contribution in [1.29, 1.82) is 0 Å². The number of esters is 2. The van der Waals surface area contributed by atoms with Gasteiger partial charge in [0.05, 0.1) is 19.3 Å². The van der Waals surface area contributed by atoms with Gasteiger partial charge in [0.15, 0.2) is 0 Å². The van der Waals surface area contributed by atoms with Gasteiger partial charge in [0.25, 0.3) is 0 Å². The first-order valence-corrected chi connectivity index (χ1v) is 10.3. The molecule has 0 aromatic heterocycles. The maximum Gasteiger partial charge on any atom is 0.335 e. The van der Waals surface area contributed by atoms with Crippen molar-refractivity contribution in [1.82, 2.24) is 0 Å². The lowest BCUT2D eigenvalue weighted by molar-refractivity contribution is -0.158. The van der Waals surface area contributed by atoms with Crippen LogP contribution < -0.4 is 4.74 Å². The van der Waals surface area contributed by atoms with E-state index < -0.39 is 23.5 Å². The minimum atomic E-state index is -1.22. The van der Waals surface area contributed by atoms with Crippen LogP contribution in [0, 0.1) is 5.41 Å². The van der Waals surface area contributed by atoms with Crippen molar-refractivity contribution < 1.29 is 28.5 Å². The summed E-state index contributed by atoms with van der Waals surface area (Å²) in [5.41, 5.74) is 0.820. The second-order valence-corrected chi connectivity index (χ2v) is 7.68. The van der Waals surface area contributed by atoms with Gasteiger partial charge in [-0.3, -0.25) is 4.79 Å². The Morgan fingerprint density at radius 2 is 1.74 bits per heavy atom. The molecule has 1 saturated heterocycles. The van der Waals surface area contributed by atoms with Crippen LogP contribution in [0.2, 0.25) is 0 Å². The third kappa shape index (κ3) is 5.33. The van der Waals surface area contributed by atoms with Crippen LogP contribution in [0.4, 0.5) is 0 Å². The van der Waals surface area contributed by atoms with Crippen LogP contribution in [0.15, 0.2) is 66.7 Å². The molecule has 6 heteroatoms. The van der Waals surface area contributed by atoms with Gasteiger partial charge in [0.1, 0.15) is 23.9 Å². The highest BCUT2D eigenvalue weighted by Gasteiger charge is 2.55. The van der Waals surface area contributed by atoms with E-state index in [1.807, 2.05) is 42.5 Å². The van der Waals surface area contributed by atoms with Crippen LogP contribution in [0.25, 0.3) is 0 Å². The minimum Gasteiger partial charge on any atom is -0.497 e. The summed E-state index contributed by atoms with van der Waals surface area (Å²) < 4.78 is 21.8. The molecule has 1 aliphatic rings. The Kier molecular flexibility index (Phi) is 7.47. The van der Waals surface area contributed by atoms with Gasteiger partial charge in [0, 0.05) is 6.61 Å². The summed E-state index contributed by atoms with van der Waals surface area (Å²) >= 11 is 0. The molecule has 0 bridgehead atoms. The molecule has 1 heterocycles. The van der Waals surface area contributed by atoms with Crippen molar-refractivity contribution in [2.75, 3.05) is 13.7 Å². The Morgan fingerprint density at radius 1 is 1.06 bits per heavy atom. The monoisotopic (exact) mass is 424 g/mol. The molecule has 31 heavy (non-hydrogen) atoms. The van der Waals surface area contributed by atoms with Crippen LogP contribution in [-0.4, -0.2) is 31.8 Å². The van der Waals surface area contributed by atoms with E-state index >= 15 is 0 Å². The molecule has 0 aliphatic carbocycles. The van der Waals surface area contributed by atoms with E-state index in [9.17, 15) is 9.59 Å². The van der Waals surface area contributed by atoms with Gasteiger partial charge in [-0.2, -0.15) is 0 Å². The lowest BCUT2D eigenvalue weighted by Crippen LogP contribution is -2.39. The quantitative estimate of drug-likeness (QED) is 0.323. The van der Waals surface area contributed by atoms with Gasteiger partial charge in [-0.25, -0.2) is 4.79 Å². The maximum absolute atomic E-state index is 12.9. The first-order chi connectivity index (χ1) is 14.9. The van der Waals surface area contributed by atoms with E-state index in [0.29, 0.717) is 26.1 Å². The lowest BCUT2D eigenvalue weighted by Gasteiger charge is -2.27. The zero-order valence-corrected chi connectivity index (χ0v) is 18.0. The fraction of sp³-hybridized carbons (Fsp3) is 0.360. The third-order valence-corrected chi connectivity index (χ3v) is 5.59. The Bertz CT molecular complexity index is 905. The van der Waals surface area contributed by atoms with Crippen LogP contribution in [0.5, 0.6) is 5.75 Å². The average molecular weight is 424 g/mol. The summed E-state index contributed by atoms with van der Waals surface area (Å²) in [6.07, 6.45) is 0.490. The van der Waals surface area contributed by atoms with Gasteiger partial charge in [-0.15, -0.1) is 0 Å². The molecule has 6 nitrogen and oxygen atoms in total. The van der Waals surface area contributed by atoms with Crippen molar-refractivity contribution in [3.8, 4) is 5.75 Å². The number of ether oxygens (including phenoxy) is 4. The van der Waals surface area contributed by atoms with Crippen molar-refractivity contribution in [3.63, 3.8) is 0 Å². The molecular weight excluding hydrogens is 396 g/mol. The zero-order chi connectivity index (χ0) is 22.3. The summed E-state index contributed by atoms with van der Waals surface area (Å²) in [6, 6.07) is 17.1. The van der Waals surface area contributed by atoms with Crippen molar-refractivity contribution in [3.05, 3.63) is 77.9 Å². The Morgan fingerprint density at radius 3 is 2.42 bits per heavy atom. The standard InChI is InChI=1S/C25H28O6/c1-18-23(26)31-22(10-7-15-29-16-19-8-5-4-6-9-19)25(18,2)24(27)30-17-20-11-13-21(28-3)14-12-20/h4-6,8-9,11-14,22H,1,7,10,15-17H2,2-3H3/t22-,25-/m0/s1. The van der Waals surface area contributed by atoms with E-state index in [-0.39, 0.29) is 12.2 Å². The molecular formula is C25H28O6. The summed E-state index contributed by atoms with van der Waals surface area (Å²) in [4.78, 5) is 25.1. The van der Waals surface area contributed by atoms with E-state index in [2.05, 4.69) is 6.58 Å². The van der Waals surface area contributed by atoms with Gasteiger partial charge in [0.2, 0.25) is 0 Å². The number of hydrogen-bond acceptors (Lipinski definition) is 6. The topological polar surface area (TPSA) is 71.1 Å². The van der Waals surface area contributed by atoms with Crippen LogP contribution in [0.1, 0.15) is 30.9 Å². The fourth-order valence-electron chi connectivity index (χ4n) is 3.48.